The number of amides is 1. The number of fused-ring (bicyclic) bond motifs is 1. The van der Waals surface area contributed by atoms with Gasteiger partial charge in [-0.2, -0.15) is 13.2 Å². The van der Waals surface area contributed by atoms with Crippen molar-refractivity contribution in [1.82, 2.24) is 9.38 Å². The number of carbonyl (C=O) groups excluding carboxylic acids is 1. The van der Waals surface area contributed by atoms with Gasteiger partial charge >= 0.3 is 6.18 Å². The van der Waals surface area contributed by atoms with E-state index >= 15 is 0 Å². The smallest absolute Gasteiger partial charge is 0.320 e. The molecule has 0 aliphatic carbocycles. The molecule has 0 spiro atoms. The molecule has 2 heterocycles. The summed E-state index contributed by atoms with van der Waals surface area (Å²) in [4.78, 5) is 26.8. The van der Waals surface area contributed by atoms with Gasteiger partial charge in [-0.3, -0.25) is 19.3 Å². The van der Waals surface area contributed by atoms with Crippen LogP contribution in [-0.4, -0.2) is 20.2 Å². The number of benzene rings is 1. The van der Waals surface area contributed by atoms with Crippen molar-refractivity contribution in [3.05, 3.63) is 69.7 Å². The molecule has 0 aliphatic heterocycles. The van der Waals surface area contributed by atoms with Crippen LogP contribution < -0.4 is 5.32 Å². The molecule has 3 rings (SSSR count). The average Bonchev–Trinajstić information content (AvgIpc) is 2.89. The number of nitrogens with one attached hydrogen (secondary N) is 1. The standard InChI is InChI=1S/C16H11F3N4O3/c1-9-14(15(24)21-11-3-2-4-12(7-11)23(25)26)22-8-10(16(17,18)19)5-6-13(22)20-9/h2-8H,1H3,(H,21,24). The number of nitrogens with zero attached hydrogens (tertiary/aromatic N) is 3. The van der Waals surface area contributed by atoms with E-state index in [9.17, 15) is 28.1 Å². The molecule has 0 saturated heterocycles. The van der Waals surface area contributed by atoms with Crippen LogP contribution in [0.3, 0.4) is 0 Å². The lowest BCUT2D eigenvalue weighted by atomic mass is 10.2. The number of rotatable bonds is 3. The molecule has 0 atom stereocenters. The number of alkyl halides is 3. The Balaban J connectivity index is 2.01. The number of hydrogen-bond acceptors (Lipinski definition) is 4. The van der Waals surface area contributed by atoms with Crippen LogP contribution in [0.1, 0.15) is 21.7 Å². The number of nitro groups is 1. The van der Waals surface area contributed by atoms with Gasteiger partial charge in [0.25, 0.3) is 11.6 Å². The van der Waals surface area contributed by atoms with Crippen LogP contribution in [0.5, 0.6) is 0 Å². The maximum absolute atomic E-state index is 12.9. The van der Waals surface area contributed by atoms with E-state index in [4.69, 9.17) is 0 Å². The lowest BCUT2D eigenvalue weighted by Crippen LogP contribution is -2.16. The summed E-state index contributed by atoms with van der Waals surface area (Å²) in [5, 5.41) is 13.2. The number of aryl methyl sites for hydroxylation is 1. The predicted octanol–water partition coefficient (Wildman–Crippen LogP) is 3.82. The Morgan fingerprint density at radius 1 is 1.27 bits per heavy atom. The van der Waals surface area contributed by atoms with Crippen LogP contribution in [0.25, 0.3) is 5.65 Å². The lowest BCUT2D eigenvalue weighted by Gasteiger charge is -2.09. The topological polar surface area (TPSA) is 89.5 Å². The molecule has 1 N–H and O–H groups in total. The van der Waals surface area contributed by atoms with Gasteiger partial charge in [0.15, 0.2) is 0 Å². The van der Waals surface area contributed by atoms with Gasteiger partial charge in [-0.15, -0.1) is 0 Å². The molecule has 7 nitrogen and oxygen atoms in total. The Kier molecular flexibility index (Phi) is 4.10. The van der Waals surface area contributed by atoms with Crippen LogP contribution in [0.15, 0.2) is 42.6 Å². The molecular formula is C16H11F3N4O3. The molecule has 26 heavy (non-hydrogen) atoms. The van der Waals surface area contributed by atoms with Crippen LogP contribution in [0, 0.1) is 17.0 Å². The zero-order chi connectivity index (χ0) is 19.1. The first-order chi connectivity index (χ1) is 12.2. The number of pyridine rings is 1. The molecule has 1 aromatic carbocycles. The van der Waals surface area contributed by atoms with Gasteiger partial charge in [0.2, 0.25) is 0 Å². The quantitative estimate of drug-likeness (QED) is 0.565. The molecule has 10 heteroatoms. The van der Waals surface area contributed by atoms with E-state index in [1.165, 1.54) is 31.2 Å². The molecule has 0 saturated carbocycles. The minimum Gasteiger partial charge on any atom is -0.320 e. The molecule has 0 aliphatic rings. The predicted molar refractivity (Wildman–Crippen MR) is 86.0 cm³/mol. The number of nitro benzene ring substituents is 1. The Hall–Kier alpha value is -3.43. The first kappa shape index (κ1) is 17.4. The maximum Gasteiger partial charge on any atom is 0.417 e. The van der Waals surface area contributed by atoms with Crippen LogP contribution in [0.4, 0.5) is 24.5 Å². The van der Waals surface area contributed by atoms with E-state index in [1.54, 1.807) is 0 Å². The third-order valence-corrected chi connectivity index (χ3v) is 3.65. The molecule has 0 bridgehead atoms. The third-order valence-electron chi connectivity index (χ3n) is 3.65. The number of halogens is 3. The highest BCUT2D eigenvalue weighted by Crippen LogP contribution is 2.30. The average molecular weight is 364 g/mol. The minimum atomic E-state index is -4.57. The maximum atomic E-state index is 12.9. The van der Waals surface area contributed by atoms with Gasteiger partial charge in [-0.1, -0.05) is 6.07 Å². The molecule has 2 aromatic heterocycles. The largest absolute Gasteiger partial charge is 0.417 e. The first-order valence-electron chi connectivity index (χ1n) is 7.28. The Bertz CT molecular complexity index is 1030. The van der Waals surface area contributed by atoms with Crippen molar-refractivity contribution in [2.24, 2.45) is 0 Å². The van der Waals surface area contributed by atoms with Crippen molar-refractivity contribution in [3.8, 4) is 0 Å². The highest BCUT2D eigenvalue weighted by Gasteiger charge is 2.31. The normalized spacial score (nSPS) is 11.5. The number of aromatic nitrogens is 2. The fourth-order valence-corrected chi connectivity index (χ4v) is 2.49. The monoisotopic (exact) mass is 364 g/mol. The summed E-state index contributed by atoms with van der Waals surface area (Å²) in [6.45, 7) is 1.49. The van der Waals surface area contributed by atoms with Gasteiger partial charge < -0.3 is 5.32 Å². The van der Waals surface area contributed by atoms with Gasteiger partial charge in [-0.25, -0.2) is 4.98 Å². The molecule has 134 valence electrons. The second-order valence-electron chi connectivity index (χ2n) is 5.45. The molecular weight excluding hydrogens is 353 g/mol. The highest BCUT2D eigenvalue weighted by atomic mass is 19.4. The number of anilines is 1. The second kappa shape index (κ2) is 6.14. The number of non-ortho nitro benzene ring substituents is 1. The number of carbonyl (C=O) groups is 1. The SMILES string of the molecule is Cc1nc2ccc(C(F)(F)F)cn2c1C(=O)Nc1cccc([N+](=O)[O-])c1. The van der Waals surface area contributed by atoms with E-state index in [0.717, 1.165) is 22.7 Å². The van der Waals surface area contributed by atoms with E-state index in [0.29, 0.717) is 0 Å². The van der Waals surface area contributed by atoms with Gasteiger partial charge in [0.1, 0.15) is 11.3 Å². The zero-order valence-electron chi connectivity index (χ0n) is 13.2. The summed E-state index contributed by atoms with van der Waals surface area (Å²) in [6, 6.07) is 7.27. The van der Waals surface area contributed by atoms with Crippen LogP contribution >= 0.6 is 0 Å². The van der Waals surface area contributed by atoms with Crippen LogP contribution in [0.2, 0.25) is 0 Å². The van der Waals surface area contributed by atoms with Crippen molar-refractivity contribution >= 4 is 22.9 Å². The van der Waals surface area contributed by atoms with Crippen molar-refractivity contribution in [3.63, 3.8) is 0 Å². The molecule has 0 radical (unpaired) electrons. The van der Waals surface area contributed by atoms with Gasteiger partial charge in [0, 0.05) is 24.0 Å². The molecule has 3 aromatic rings. The van der Waals surface area contributed by atoms with Gasteiger partial charge in [-0.05, 0) is 25.1 Å². The fourth-order valence-electron chi connectivity index (χ4n) is 2.49. The van der Waals surface area contributed by atoms with Crippen molar-refractivity contribution in [2.75, 3.05) is 5.32 Å². The minimum absolute atomic E-state index is 0.0855. The highest BCUT2D eigenvalue weighted by molar-refractivity contribution is 6.04. The molecule has 0 fully saturated rings. The summed E-state index contributed by atoms with van der Waals surface area (Å²) < 4.78 is 39.8. The summed E-state index contributed by atoms with van der Waals surface area (Å²) in [5.41, 5.74) is -0.682. The molecule has 1 amide bonds. The Labute approximate surface area is 144 Å². The first-order valence-corrected chi connectivity index (χ1v) is 7.28. The summed E-state index contributed by atoms with van der Waals surface area (Å²) in [6.07, 6.45) is -3.78. The zero-order valence-corrected chi connectivity index (χ0v) is 13.2. The van der Waals surface area contributed by atoms with Crippen LogP contribution in [-0.2, 0) is 6.18 Å². The summed E-state index contributed by atoms with van der Waals surface area (Å²) in [5.74, 6) is -0.727. The van der Waals surface area contributed by atoms with Gasteiger partial charge in [0.05, 0.1) is 16.2 Å². The number of hydrogen-bond donors (Lipinski definition) is 1. The summed E-state index contributed by atoms with van der Waals surface area (Å²) >= 11 is 0. The molecule has 0 unspecified atom stereocenters. The Morgan fingerprint density at radius 3 is 2.65 bits per heavy atom. The summed E-state index contributed by atoms with van der Waals surface area (Å²) in [7, 11) is 0. The van der Waals surface area contributed by atoms with Crippen molar-refractivity contribution < 1.29 is 22.9 Å². The van der Waals surface area contributed by atoms with E-state index in [1.807, 2.05) is 0 Å². The van der Waals surface area contributed by atoms with E-state index in [-0.39, 0.29) is 28.4 Å². The van der Waals surface area contributed by atoms with E-state index in [2.05, 4.69) is 10.3 Å². The van der Waals surface area contributed by atoms with Crippen molar-refractivity contribution in [1.29, 1.82) is 0 Å². The van der Waals surface area contributed by atoms with Crippen molar-refractivity contribution in [2.45, 2.75) is 13.1 Å². The Morgan fingerprint density at radius 2 is 2.00 bits per heavy atom. The second-order valence-corrected chi connectivity index (χ2v) is 5.45. The fraction of sp³-hybridized carbons (Fsp3) is 0.125. The van der Waals surface area contributed by atoms with E-state index < -0.39 is 22.6 Å². The number of imidazole rings is 1. The third kappa shape index (κ3) is 3.21. The lowest BCUT2D eigenvalue weighted by molar-refractivity contribution is -0.384.